The van der Waals surface area contributed by atoms with Crippen LogP contribution in [0.5, 0.6) is 11.5 Å². The number of nitrogens with zero attached hydrogens (tertiary/aromatic N) is 1. The topological polar surface area (TPSA) is 112 Å². The van der Waals surface area contributed by atoms with E-state index in [1.165, 1.54) is 20.3 Å². The highest BCUT2D eigenvalue weighted by Crippen LogP contribution is 2.33. The molecule has 0 unspecified atom stereocenters. The van der Waals surface area contributed by atoms with Gasteiger partial charge in [-0.25, -0.2) is 4.79 Å². The Labute approximate surface area is 125 Å². The molecule has 0 saturated carbocycles. The second-order valence-corrected chi connectivity index (χ2v) is 4.29. The second-order valence-electron chi connectivity index (χ2n) is 4.29. The molecule has 0 saturated heterocycles. The predicted octanol–water partition coefficient (Wildman–Crippen LogP) is 1.63. The number of nitriles is 1. The van der Waals surface area contributed by atoms with Crippen LogP contribution < -0.4 is 15.0 Å². The lowest BCUT2D eigenvalue weighted by molar-refractivity contribution is 0.0690. The molecule has 2 N–H and O–H groups in total. The van der Waals surface area contributed by atoms with Gasteiger partial charge in [0.05, 0.1) is 14.2 Å². The molecule has 112 valence electrons. The lowest BCUT2D eigenvalue weighted by atomic mass is 10.0. The van der Waals surface area contributed by atoms with Gasteiger partial charge in [0, 0.05) is 5.56 Å². The van der Waals surface area contributed by atoms with Crippen LogP contribution >= 0.6 is 0 Å². The van der Waals surface area contributed by atoms with Gasteiger partial charge in [0.15, 0.2) is 11.5 Å². The number of carboxylic acids is 1. The number of H-pyrrole nitrogens is 1. The van der Waals surface area contributed by atoms with E-state index in [-0.39, 0.29) is 16.8 Å². The highest BCUT2D eigenvalue weighted by atomic mass is 16.5. The van der Waals surface area contributed by atoms with Crippen molar-refractivity contribution in [3.8, 4) is 28.7 Å². The van der Waals surface area contributed by atoms with Gasteiger partial charge in [-0.3, -0.25) is 4.79 Å². The third-order valence-electron chi connectivity index (χ3n) is 3.07. The van der Waals surface area contributed by atoms with E-state index in [0.717, 1.165) is 0 Å². The van der Waals surface area contributed by atoms with Crippen molar-refractivity contribution in [1.29, 1.82) is 5.26 Å². The Bertz CT molecular complexity index is 833. The van der Waals surface area contributed by atoms with Gasteiger partial charge in [0.25, 0.3) is 5.56 Å². The molecule has 1 heterocycles. The number of methoxy groups -OCH3 is 2. The van der Waals surface area contributed by atoms with E-state index in [2.05, 4.69) is 4.98 Å². The highest BCUT2D eigenvalue weighted by molar-refractivity contribution is 5.88. The number of carbonyl (C=O) groups is 1. The first-order valence-electron chi connectivity index (χ1n) is 6.15. The van der Waals surface area contributed by atoms with E-state index in [1.54, 1.807) is 24.3 Å². The molecular formula is C15H12N2O5. The lowest BCUT2D eigenvalue weighted by Gasteiger charge is -2.11. The Hall–Kier alpha value is -3.27. The minimum Gasteiger partial charge on any atom is -0.493 e. The summed E-state index contributed by atoms with van der Waals surface area (Å²) in [6.45, 7) is 0. The van der Waals surface area contributed by atoms with Crippen molar-refractivity contribution in [2.24, 2.45) is 0 Å². The van der Waals surface area contributed by atoms with E-state index in [0.29, 0.717) is 17.1 Å². The number of carboxylic acid groups (broad SMARTS) is 1. The Morgan fingerprint density at radius 2 is 1.91 bits per heavy atom. The predicted molar refractivity (Wildman–Crippen MR) is 77.3 cm³/mol. The van der Waals surface area contributed by atoms with Gasteiger partial charge in [-0.1, -0.05) is 6.07 Å². The molecule has 0 aliphatic heterocycles. The molecule has 1 aromatic carbocycles. The minimum absolute atomic E-state index is 0.169. The molecule has 0 bridgehead atoms. The van der Waals surface area contributed by atoms with Crippen LogP contribution in [-0.4, -0.2) is 30.3 Å². The van der Waals surface area contributed by atoms with Crippen LogP contribution in [0.2, 0.25) is 0 Å². The molecule has 7 heteroatoms. The average molecular weight is 300 g/mol. The number of aromatic amines is 1. The largest absolute Gasteiger partial charge is 0.493 e. The number of nitrogens with one attached hydrogen (secondary N) is 1. The normalized spacial score (nSPS) is 9.86. The molecular weight excluding hydrogens is 288 g/mol. The number of pyridine rings is 1. The van der Waals surface area contributed by atoms with Crippen molar-refractivity contribution in [1.82, 2.24) is 4.98 Å². The van der Waals surface area contributed by atoms with E-state index in [1.807, 2.05) is 0 Å². The van der Waals surface area contributed by atoms with Gasteiger partial charge in [-0.05, 0) is 23.8 Å². The first-order valence-corrected chi connectivity index (χ1v) is 6.15. The molecule has 2 rings (SSSR count). The van der Waals surface area contributed by atoms with Crippen molar-refractivity contribution in [3.05, 3.63) is 45.9 Å². The van der Waals surface area contributed by atoms with Crippen LogP contribution in [0.3, 0.4) is 0 Å². The first-order chi connectivity index (χ1) is 10.5. The zero-order chi connectivity index (χ0) is 16.3. The van der Waals surface area contributed by atoms with E-state index < -0.39 is 11.5 Å². The summed E-state index contributed by atoms with van der Waals surface area (Å²) in [5.74, 6) is -0.405. The summed E-state index contributed by atoms with van der Waals surface area (Å²) in [4.78, 5) is 25.1. The van der Waals surface area contributed by atoms with Crippen molar-refractivity contribution < 1.29 is 19.4 Å². The summed E-state index contributed by atoms with van der Waals surface area (Å²) >= 11 is 0. The fraction of sp³-hybridized carbons (Fsp3) is 0.133. The van der Waals surface area contributed by atoms with Crippen LogP contribution in [-0.2, 0) is 0 Å². The van der Waals surface area contributed by atoms with Crippen LogP contribution in [0, 0.1) is 11.3 Å². The third-order valence-corrected chi connectivity index (χ3v) is 3.07. The third kappa shape index (κ3) is 2.62. The number of ether oxygens (including phenoxy) is 2. The Balaban J connectivity index is 2.73. The number of hydrogen-bond acceptors (Lipinski definition) is 5. The Kier molecular flexibility index (Phi) is 4.13. The maximum atomic E-state index is 11.8. The number of aromatic nitrogens is 1. The van der Waals surface area contributed by atoms with E-state index >= 15 is 0 Å². The molecule has 7 nitrogen and oxygen atoms in total. The molecule has 0 fully saturated rings. The van der Waals surface area contributed by atoms with Crippen molar-refractivity contribution in [2.75, 3.05) is 14.2 Å². The summed E-state index contributed by atoms with van der Waals surface area (Å²) in [7, 11) is 2.93. The van der Waals surface area contributed by atoms with Gasteiger partial charge < -0.3 is 19.6 Å². The summed E-state index contributed by atoms with van der Waals surface area (Å²) in [6.07, 6.45) is 0. The minimum atomic E-state index is -1.29. The Morgan fingerprint density at radius 3 is 2.45 bits per heavy atom. The number of aromatic carboxylic acids is 1. The summed E-state index contributed by atoms with van der Waals surface area (Å²) in [5, 5.41) is 18.2. The number of rotatable bonds is 4. The molecule has 0 aliphatic rings. The molecule has 0 amide bonds. The monoisotopic (exact) mass is 300 g/mol. The number of hydrogen-bond donors (Lipinski definition) is 2. The van der Waals surface area contributed by atoms with Gasteiger partial charge in [0.1, 0.15) is 17.3 Å². The summed E-state index contributed by atoms with van der Waals surface area (Å²) < 4.78 is 10.3. The van der Waals surface area contributed by atoms with Crippen LogP contribution in [0.4, 0.5) is 0 Å². The van der Waals surface area contributed by atoms with Crippen LogP contribution in [0.1, 0.15) is 16.1 Å². The number of benzene rings is 1. The molecule has 0 aliphatic carbocycles. The summed E-state index contributed by atoms with van der Waals surface area (Å²) in [5.41, 5.74) is -0.536. The van der Waals surface area contributed by atoms with Crippen molar-refractivity contribution in [2.45, 2.75) is 0 Å². The van der Waals surface area contributed by atoms with E-state index in [4.69, 9.17) is 19.8 Å². The van der Waals surface area contributed by atoms with Gasteiger partial charge in [-0.15, -0.1) is 0 Å². The van der Waals surface area contributed by atoms with Crippen molar-refractivity contribution in [3.63, 3.8) is 0 Å². The zero-order valence-electron chi connectivity index (χ0n) is 11.8. The van der Waals surface area contributed by atoms with E-state index in [9.17, 15) is 9.59 Å². The fourth-order valence-corrected chi connectivity index (χ4v) is 2.02. The molecule has 0 spiro atoms. The maximum Gasteiger partial charge on any atom is 0.352 e. The van der Waals surface area contributed by atoms with Gasteiger partial charge >= 0.3 is 5.97 Å². The maximum absolute atomic E-state index is 11.8. The standard InChI is InChI=1S/C15H12N2O5/c1-21-12-4-3-8(5-13(12)22-2)9-6-11(15(19)20)17-14(18)10(9)7-16/h3-6H,1-2H3,(H,17,18)(H,19,20). The molecule has 0 radical (unpaired) electrons. The smallest absolute Gasteiger partial charge is 0.352 e. The molecule has 22 heavy (non-hydrogen) atoms. The zero-order valence-corrected chi connectivity index (χ0v) is 11.8. The Morgan fingerprint density at radius 1 is 1.23 bits per heavy atom. The second kappa shape index (κ2) is 6.01. The van der Waals surface area contributed by atoms with Crippen LogP contribution in [0.15, 0.2) is 29.1 Å². The SMILES string of the molecule is COc1ccc(-c2cc(C(=O)O)[nH]c(=O)c2C#N)cc1OC. The molecule has 2 aromatic rings. The average Bonchev–Trinajstić information content (AvgIpc) is 2.53. The highest BCUT2D eigenvalue weighted by Gasteiger charge is 2.16. The molecule has 0 atom stereocenters. The van der Waals surface area contributed by atoms with Gasteiger partial charge in [0.2, 0.25) is 0 Å². The first kappa shape index (κ1) is 15.1. The quantitative estimate of drug-likeness (QED) is 0.887. The lowest BCUT2D eigenvalue weighted by Crippen LogP contribution is -2.16. The fourth-order valence-electron chi connectivity index (χ4n) is 2.02. The van der Waals surface area contributed by atoms with Crippen LogP contribution in [0.25, 0.3) is 11.1 Å². The molecule has 1 aromatic heterocycles. The van der Waals surface area contributed by atoms with Crippen molar-refractivity contribution >= 4 is 5.97 Å². The van der Waals surface area contributed by atoms with Gasteiger partial charge in [-0.2, -0.15) is 5.26 Å². The summed E-state index contributed by atoms with van der Waals surface area (Å²) in [6, 6.07) is 7.82.